The van der Waals surface area contributed by atoms with Crippen molar-refractivity contribution in [2.45, 2.75) is 38.3 Å². The largest absolute Gasteiger partial charge is 0.335 e. The number of hydrogen-bond acceptors (Lipinski definition) is 5. The first kappa shape index (κ1) is 22.5. The summed E-state index contributed by atoms with van der Waals surface area (Å²) in [6.07, 6.45) is 3.09. The molecule has 0 bridgehead atoms. The maximum absolute atomic E-state index is 13.5. The normalized spacial score (nSPS) is 22.4. The van der Waals surface area contributed by atoms with Crippen LogP contribution < -0.4 is 5.32 Å². The van der Waals surface area contributed by atoms with Crippen molar-refractivity contribution in [2.75, 3.05) is 37.7 Å². The van der Waals surface area contributed by atoms with Gasteiger partial charge >= 0.3 is 0 Å². The predicted octanol–water partition coefficient (Wildman–Crippen LogP) is 4.04. The first-order valence-electron chi connectivity index (χ1n) is 11.2. The highest BCUT2D eigenvalue weighted by Gasteiger charge is 2.35. The Morgan fingerprint density at radius 3 is 2.81 bits per heavy atom. The maximum atomic E-state index is 13.5. The Balaban J connectivity index is 1.51. The lowest BCUT2D eigenvalue weighted by Gasteiger charge is -2.43. The number of amides is 2. The van der Waals surface area contributed by atoms with Crippen LogP contribution in [0.15, 0.2) is 42.5 Å². The van der Waals surface area contributed by atoms with Crippen molar-refractivity contribution >= 4 is 44.2 Å². The van der Waals surface area contributed by atoms with Crippen molar-refractivity contribution in [3.63, 3.8) is 0 Å². The molecule has 2 aliphatic heterocycles. The SMILES string of the molecule is CCCCC1CN(C(=O)c2cccc3ccccc23)CCN1C(=O)[C@@H]1CSSCCN1. The van der Waals surface area contributed by atoms with Crippen LogP contribution in [-0.2, 0) is 4.79 Å². The number of unbranched alkanes of at least 4 members (excludes halogenated alkanes) is 1. The molecule has 166 valence electrons. The zero-order valence-electron chi connectivity index (χ0n) is 18.1. The molecule has 2 saturated heterocycles. The second kappa shape index (κ2) is 10.7. The Morgan fingerprint density at radius 1 is 1.10 bits per heavy atom. The summed E-state index contributed by atoms with van der Waals surface area (Å²) in [5.74, 6) is 2.11. The molecular formula is C24H31N3O2S2. The molecule has 1 unspecified atom stereocenters. The van der Waals surface area contributed by atoms with E-state index in [1.165, 1.54) is 0 Å². The molecule has 2 fully saturated rings. The summed E-state index contributed by atoms with van der Waals surface area (Å²) >= 11 is 0. The van der Waals surface area contributed by atoms with Gasteiger partial charge in [-0.05, 0) is 23.3 Å². The number of fused-ring (bicyclic) bond motifs is 1. The first-order valence-corrected chi connectivity index (χ1v) is 13.7. The third-order valence-corrected chi connectivity index (χ3v) is 8.57. The first-order chi connectivity index (χ1) is 15.2. The van der Waals surface area contributed by atoms with Gasteiger partial charge in [-0.2, -0.15) is 0 Å². The van der Waals surface area contributed by atoms with E-state index in [4.69, 9.17) is 0 Å². The zero-order chi connectivity index (χ0) is 21.6. The van der Waals surface area contributed by atoms with E-state index in [-0.39, 0.29) is 23.9 Å². The van der Waals surface area contributed by atoms with Crippen molar-refractivity contribution in [1.29, 1.82) is 0 Å². The minimum Gasteiger partial charge on any atom is -0.335 e. The smallest absolute Gasteiger partial charge is 0.254 e. The highest BCUT2D eigenvalue weighted by molar-refractivity contribution is 8.76. The Morgan fingerprint density at radius 2 is 1.94 bits per heavy atom. The quantitative estimate of drug-likeness (QED) is 0.687. The average Bonchev–Trinajstić information content (AvgIpc) is 3.11. The molecule has 0 saturated carbocycles. The monoisotopic (exact) mass is 457 g/mol. The molecule has 2 amide bonds. The summed E-state index contributed by atoms with van der Waals surface area (Å²) in [6, 6.07) is 13.9. The van der Waals surface area contributed by atoms with Crippen LogP contribution in [0.5, 0.6) is 0 Å². The molecule has 2 atom stereocenters. The van der Waals surface area contributed by atoms with Gasteiger partial charge in [-0.1, -0.05) is 77.8 Å². The second-order valence-electron chi connectivity index (χ2n) is 8.22. The van der Waals surface area contributed by atoms with Crippen molar-refractivity contribution in [2.24, 2.45) is 0 Å². The standard InChI is InChI=1S/C24H31N3O2S2/c1-2-3-9-19-16-26(13-14-27(19)24(29)22-17-31-30-15-12-25-22)23(28)21-11-6-8-18-7-4-5-10-20(18)21/h4-8,10-11,19,22,25H,2-3,9,12-17H2,1H3/t19?,22-/m0/s1. The molecule has 0 radical (unpaired) electrons. The van der Waals surface area contributed by atoms with E-state index in [2.05, 4.69) is 17.1 Å². The van der Waals surface area contributed by atoms with Crippen LogP contribution in [0.4, 0.5) is 0 Å². The van der Waals surface area contributed by atoms with E-state index in [0.29, 0.717) is 19.6 Å². The lowest BCUT2D eigenvalue weighted by molar-refractivity contribution is -0.137. The summed E-state index contributed by atoms with van der Waals surface area (Å²) < 4.78 is 0. The fourth-order valence-corrected chi connectivity index (χ4v) is 6.58. The van der Waals surface area contributed by atoms with Crippen LogP contribution in [0.2, 0.25) is 0 Å². The number of hydrogen-bond donors (Lipinski definition) is 1. The van der Waals surface area contributed by atoms with Gasteiger partial charge in [-0.3, -0.25) is 9.59 Å². The Hall–Kier alpha value is -1.70. The number of rotatable bonds is 5. The summed E-state index contributed by atoms with van der Waals surface area (Å²) in [5, 5.41) is 5.50. The van der Waals surface area contributed by atoms with Crippen molar-refractivity contribution in [3.8, 4) is 0 Å². The van der Waals surface area contributed by atoms with Crippen molar-refractivity contribution in [1.82, 2.24) is 15.1 Å². The van der Waals surface area contributed by atoms with Crippen LogP contribution in [0, 0.1) is 0 Å². The van der Waals surface area contributed by atoms with Gasteiger partial charge in [0.15, 0.2) is 0 Å². The third-order valence-electron chi connectivity index (χ3n) is 6.16. The minimum atomic E-state index is -0.121. The van der Waals surface area contributed by atoms with Crippen LogP contribution in [0.3, 0.4) is 0 Å². The molecule has 2 aromatic carbocycles. The summed E-state index contributed by atoms with van der Waals surface area (Å²) in [5.41, 5.74) is 0.756. The molecule has 1 N–H and O–H groups in total. The molecule has 0 aromatic heterocycles. The Bertz CT molecular complexity index is 909. The number of nitrogens with one attached hydrogen (secondary N) is 1. The molecule has 2 aromatic rings. The third kappa shape index (κ3) is 5.21. The lowest BCUT2D eigenvalue weighted by atomic mass is 10.0. The minimum absolute atomic E-state index is 0.0740. The number of carbonyl (C=O) groups excluding carboxylic acids is 2. The highest BCUT2D eigenvalue weighted by Crippen LogP contribution is 2.26. The molecule has 5 nitrogen and oxygen atoms in total. The molecule has 31 heavy (non-hydrogen) atoms. The van der Waals surface area contributed by atoms with Crippen LogP contribution in [0.1, 0.15) is 36.5 Å². The van der Waals surface area contributed by atoms with Gasteiger partial charge in [-0.15, -0.1) is 0 Å². The summed E-state index contributed by atoms with van der Waals surface area (Å²) in [4.78, 5) is 30.8. The number of nitrogens with zero attached hydrogens (tertiary/aromatic N) is 2. The van der Waals surface area contributed by atoms with E-state index in [9.17, 15) is 9.59 Å². The van der Waals surface area contributed by atoms with Crippen LogP contribution >= 0.6 is 21.6 Å². The molecule has 0 spiro atoms. The number of carbonyl (C=O) groups is 2. The maximum Gasteiger partial charge on any atom is 0.254 e. The molecule has 7 heteroatoms. The lowest BCUT2D eigenvalue weighted by Crippen LogP contribution is -2.60. The summed E-state index contributed by atoms with van der Waals surface area (Å²) in [6.45, 7) is 4.86. The molecule has 4 rings (SSSR count). The van der Waals surface area contributed by atoms with Crippen molar-refractivity contribution < 1.29 is 9.59 Å². The van der Waals surface area contributed by atoms with Crippen LogP contribution in [0.25, 0.3) is 10.8 Å². The van der Waals surface area contributed by atoms with Gasteiger partial charge in [0.2, 0.25) is 5.91 Å². The van der Waals surface area contributed by atoms with E-state index in [0.717, 1.165) is 53.6 Å². The topological polar surface area (TPSA) is 52.7 Å². The fourth-order valence-electron chi connectivity index (χ4n) is 4.47. The van der Waals surface area contributed by atoms with E-state index >= 15 is 0 Å². The molecule has 0 aliphatic carbocycles. The average molecular weight is 458 g/mol. The molecular weight excluding hydrogens is 426 g/mol. The Labute approximate surface area is 192 Å². The second-order valence-corrected chi connectivity index (χ2v) is 10.8. The van der Waals surface area contributed by atoms with Gasteiger partial charge in [-0.25, -0.2) is 0 Å². The molecule has 2 aliphatic rings. The number of piperazine rings is 1. The molecule has 2 heterocycles. The van der Waals surface area contributed by atoms with Gasteiger partial charge in [0.1, 0.15) is 0 Å². The van der Waals surface area contributed by atoms with Gasteiger partial charge in [0, 0.05) is 49.3 Å². The Kier molecular flexibility index (Phi) is 7.80. The van der Waals surface area contributed by atoms with Crippen molar-refractivity contribution in [3.05, 3.63) is 48.0 Å². The van der Waals surface area contributed by atoms with E-state index in [1.807, 2.05) is 58.2 Å². The van der Waals surface area contributed by atoms with Crippen LogP contribution in [-0.4, -0.2) is 71.4 Å². The predicted molar refractivity (Wildman–Crippen MR) is 132 cm³/mol. The van der Waals surface area contributed by atoms with Gasteiger partial charge in [0.05, 0.1) is 6.04 Å². The van der Waals surface area contributed by atoms with E-state index < -0.39 is 0 Å². The fraction of sp³-hybridized carbons (Fsp3) is 0.500. The zero-order valence-corrected chi connectivity index (χ0v) is 19.7. The highest BCUT2D eigenvalue weighted by atomic mass is 33.1. The number of benzene rings is 2. The van der Waals surface area contributed by atoms with Gasteiger partial charge < -0.3 is 15.1 Å². The summed E-state index contributed by atoms with van der Waals surface area (Å²) in [7, 11) is 3.61. The van der Waals surface area contributed by atoms with E-state index in [1.54, 1.807) is 10.8 Å². The van der Waals surface area contributed by atoms with Gasteiger partial charge in [0.25, 0.3) is 5.91 Å².